The Morgan fingerprint density at radius 3 is 2.80 bits per heavy atom. The molecule has 1 N–H and O–H groups in total. The fourth-order valence-electron chi connectivity index (χ4n) is 2.64. The summed E-state index contributed by atoms with van der Waals surface area (Å²) in [6.07, 6.45) is 4.26. The summed E-state index contributed by atoms with van der Waals surface area (Å²) in [4.78, 5) is 11.0. The van der Waals surface area contributed by atoms with E-state index in [9.17, 15) is 0 Å². The van der Waals surface area contributed by atoms with E-state index in [2.05, 4.69) is 27.1 Å². The number of likely N-dealkylation sites (tertiary alicyclic amines) is 1. The first-order chi connectivity index (χ1) is 9.70. The molecule has 0 amide bonds. The molecule has 1 aliphatic heterocycles. The molecule has 1 fully saturated rings. The quantitative estimate of drug-likeness (QED) is 0.829. The van der Waals surface area contributed by atoms with Crippen LogP contribution in [0.3, 0.4) is 0 Å². The molecule has 1 aromatic heterocycles. The number of hydrogen-bond acceptors (Lipinski definition) is 5. The van der Waals surface area contributed by atoms with Gasteiger partial charge in [0.25, 0.3) is 0 Å². The molecule has 0 bridgehead atoms. The van der Waals surface area contributed by atoms with Gasteiger partial charge in [-0.15, -0.1) is 0 Å². The monoisotopic (exact) mass is 278 g/mol. The van der Waals surface area contributed by atoms with Crippen molar-refractivity contribution in [3.05, 3.63) is 11.9 Å². The molecule has 1 saturated heterocycles. The molecule has 2 rings (SSSR count). The Balaban J connectivity index is 1.84. The van der Waals surface area contributed by atoms with E-state index in [1.807, 2.05) is 13.8 Å². The summed E-state index contributed by atoms with van der Waals surface area (Å²) >= 11 is 0. The number of ether oxygens (including phenoxy) is 1. The average molecular weight is 278 g/mol. The van der Waals surface area contributed by atoms with E-state index in [4.69, 9.17) is 4.74 Å². The van der Waals surface area contributed by atoms with Crippen molar-refractivity contribution in [1.29, 1.82) is 0 Å². The molecular weight excluding hydrogens is 252 g/mol. The van der Waals surface area contributed by atoms with Gasteiger partial charge in [-0.2, -0.15) is 0 Å². The minimum Gasteiger partial charge on any atom is -0.478 e. The molecule has 0 aliphatic carbocycles. The molecule has 112 valence electrons. The fourth-order valence-corrected chi connectivity index (χ4v) is 2.64. The van der Waals surface area contributed by atoms with Gasteiger partial charge in [0.15, 0.2) is 0 Å². The van der Waals surface area contributed by atoms with Crippen LogP contribution in [0.4, 0.5) is 5.82 Å². The first-order valence-corrected chi connectivity index (χ1v) is 7.61. The summed E-state index contributed by atoms with van der Waals surface area (Å²) in [6, 6.07) is 0. The zero-order valence-electron chi connectivity index (χ0n) is 12.9. The van der Waals surface area contributed by atoms with Crippen molar-refractivity contribution in [2.45, 2.75) is 33.6 Å². The van der Waals surface area contributed by atoms with Gasteiger partial charge in [-0.05, 0) is 45.7 Å². The topological polar surface area (TPSA) is 50.3 Å². The van der Waals surface area contributed by atoms with Gasteiger partial charge in [-0.3, -0.25) is 0 Å². The number of rotatable bonds is 7. The number of hydrogen-bond donors (Lipinski definition) is 1. The van der Waals surface area contributed by atoms with Crippen LogP contribution in [0.5, 0.6) is 5.88 Å². The third-order valence-corrected chi connectivity index (χ3v) is 3.71. The Hall–Kier alpha value is -1.36. The number of aromatic nitrogens is 2. The molecule has 2 heterocycles. The second kappa shape index (κ2) is 7.43. The lowest BCUT2D eigenvalue weighted by molar-refractivity contribution is 0.294. The summed E-state index contributed by atoms with van der Waals surface area (Å²) in [6.45, 7) is 11.5. The molecule has 20 heavy (non-hydrogen) atoms. The molecule has 0 saturated carbocycles. The van der Waals surface area contributed by atoms with Gasteiger partial charge in [0, 0.05) is 13.1 Å². The molecule has 1 atom stereocenters. The molecule has 5 nitrogen and oxygen atoms in total. The van der Waals surface area contributed by atoms with Crippen LogP contribution in [0, 0.1) is 12.8 Å². The number of nitrogens with one attached hydrogen (secondary N) is 1. The maximum Gasteiger partial charge on any atom is 0.221 e. The van der Waals surface area contributed by atoms with E-state index in [0.29, 0.717) is 18.4 Å². The maximum absolute atomic E-state index is 5.49. The summed E-state index contributed by atoms with van der Waals surface area (Å²) in [5.74, 6) is 2.17. The predicted octanol–water partition coefficient (Wildman–Crippen LogP) is 2.33. The highest BCUT2D eigenvalue weighted by Gasteiger charge is 2.15. The molecule has 0 spiro atoms. The Morgan fingerprint density at radius 1 is 1.35 bits per heavy atom. The molecule has 0 aromatic carbocycles. The van der Waals surface area contributed by atoms with Gasteiger partial charge < -0.3 is 15.0 Å². The van der Waals surface area contributed by atoms with Crippen LogP contribution in [0.25, 0.3) is 0 Å². The first kappa shape index (κ1) is 15.0. The highest BCUT2D eigenvalue weighted by atomic mass is 16.5. The minimum atomic E-state index is 0.609. The average Bonchev–Trinajstić information content (AvgIpc) is 2.93. The highest BCUT2D eigenvalue weighted by molar-refractivity contribution is 5.47. The molecule has 0 radical (unpaired) electrons. The van der Waals surface area contributed by atoms with Crippen molar-refractivity contribution < 1.29 is 4.74 Å². The first-order valence-electron chi connectivity index (χ1n) is 7.61. The summed E-state index contributed by atoms with van der Waals surface area (Å²) < 4.78 is 5.49. The molecular formula is C15H26N4O. The van der Waals surface area contributed by atoms with Gasteiger partial charge in [-0.25, -0.2) is 9.97 Å². The lowest BCUT2D eigenvalue weighted by atomic mass is 10.1. The van der Waals surface area contributed by atoms with Crippen LogP contribution in [0.1, 0.15) is 32.3 Å². The SMILES string of the molecule is CCOc1ncnc(NCC(C)CN2CCCC2)c1C. The van der Waals surface area contributed by atoms with E-state index in [-0.39, 0.29) is 0 Å². The van der Waals surface area contributed by atoms with E-state index in [0.717, 1.165) is 24.5 Å². The normalized spacial score (nSPS) is 17.1. The molecule has 1 aromatic rings. The smallest absolute Gasteiger partial charge is 0.221 e. The zero-order chi connectivity index (χ0) is 14.4. The van der Waals surface area contributed by atoms with E-state index >= 15 is 0 Å². The molecule has 5 heteroatoms. The van der Waals surface area contributed by atoms with Crippen LogP contribution < -0.4 is 10.1 Å². The number of nitrogens with zero attached hydrogens (tertiary/aromatic N) is 3. The zero-order valence-corrected chi connectivity index (χ0v) is 12.9. The van der Waals surface area contributed by atoms with Gasteiger partial charge in [0.2, 0.25) is 5.88 Å². The second-order valence-electron chi connectivity index (χ2n) is 5.58. The van der Waals surface area contributed by atoms with E-state index in [1.54, 1.807) is 6.33 Å². The van der Waals surface area contributed by atoms with Crippen molar-refractivity contribution in [2.24, 2.45) is 5.92 Å². The second-order valence-corrected chi connectivity index (χ2v) is 5.58. The van der Waals surface area contributed by atoms with Crippen molar-refractivity contribution in [3.63, 3.8) is 0 Å². The largest absolute Gasteiger partial charge is 0.478 e. The van der Waals surface area contributed by atoms with Crippen molar-refractivity contribution >= 4 is 5.82 Å². The van der Waals surface area contributed by atoms with Crippen molar-refractivity contribution in [3.8, 4) is 5.88 Å². The van der Waals surface area contributed by atoms with Gasteiger partial charge in [0.1, 0.15) is 12.1 Å². The Kier molecular flexibility index (Phi) is 5.59. The maximum atomic E-state index is 5.49. The van der Waals surface area contributed by atoms with Crippen LogP contribution in [-0.2, 0) is 0 Å². The standard InChI is InChI=1S/C15H26N4O/c1-4-20-15-13(3)14(17-11-18-15)16-9-12(2)10-19-7-5-6-8-19/h11-12H,4-10H2,1-3H3,(H,16,17,18). The lowest BCUT2D eigenvalue weighted by Gasteiger charge is -2.21. The minimum absolute atomic E-state index is 0.609. The van der Waals surface area contributed by atoms with Gasteiger partial charge >= 0.3 is 0 Å². The lowest BCUT2D eigenvalue weighted by Crippen LogP contribution is -2.29. The third-order valence-electron chi connectivity index (χ3n) is 3.71. The Bertz CT molecular complexity index is 418. The Labute approximate surface area is 121 Å². The van der Waals surface area contributed by atoms with Crippen LogP contribution in [0.15, 0.2) is 6.33 Å². The Morgan fingerprint density at radius 2 is 2.10 bits per heavy atom. The molecule has 1 unspecified atom stereocenters. The summed E-state index contributed by atoms with van der Waals surface area (Å²) in [7, 11) is 0. The van der Waals surface area contributed by atoms with E-state index in [1.165, 1.54) is 25.9 Å². The van der Waals surface area contributed by atoms with Gasteiger partial charge in [-0.1, -0.05) is 6.92 Å². The number of anilines is 1. The molecule has 1 aliphatic rings. The summed E-state index contributed by atoms with van der Waals surface area (Å²) in [5, 5.41) is 3.43. The fraction of sp³-hybridized carbons (Fsp3) is 0.733. The van der Waals surface area contributed by atoms with E-state index < -0.39 is 0 Å². The highest BCUT2D eigenvalue weighted by Crippen LogP contribution is 2.20. The van der Waals surface area contributed by atoms with Crippen molar-refractivity contribution in [1.82, 2.24) is 14.9 Å². The van der Waals surface area contributed by atoms with Crippen LogP contribution >= 0.6 is 0 Å². The van der Waals surface area contributed by atoms with Crippen LogP contribution in [0.2, 0.25) is 0 Å². The summed E-state index contributed by atoms with van der Waals surface area (Å²) in [5.41, 5.74) is 0.989. The van der Waals surface area contributed by atoms with Crippen LogP contribution in [-0.4, -0.2) is 47.7 Å². The third kappa shape index (κ3) is 4.07. The van der Waals surface area contributed by atoms with Gasteiger partial charge in [0.05, 0.1) is 12.2 Å². The predicted molar refractivity (Wildman–Crippen MR) is 81.3 cm³/mol. The van der Waals surface area contributed by atoms with Crippen molar-refractivity contribution in [2.75, 3.05) is 38.1 Å².